The fourth-order valence-corrected chi connectivity index (χ4v) is 1.53. The van der Waals surface area contributed by atoms with E-state index in [0.29, 0.717) is 25.2 Å². The molecule has 0 saturated carbocycles. The van der Waals surface area contributed by atoms with Crippen LogP contribution in [0.1, 0.15) is 25.0 Å². The van der Waals surface area contributed by atoms with Crippen molar-refractivity contribution in [3.05, 3.63) is 35.1 Å². The molecule has 2 atom stereocenters. The van der Waals surface area contributed by atoms with Gasteiger partial charge in [0.05, 0.1) is 6.10 Å². The van der Waals surface area contributed by atoms with Gasteiger partial charge in [0.1, 0.15) is 5.82 Å². The topological polar surface area (TPSA) is 29.5 Å². The molecule has 0 saturated heterocycles. The Morgan fingerprint density at radius 3 is 2.35 bits per heavy atom. The van der Waals surface area contributed by atoms with Gasteiger partial charge >= 0.3 is 0 Å². The maximum Gasteiger partial charge on any atom is 0.161 e. The van der Waals surface area contributed by atoms with Gasteiger partial charge in [-0.3, -0.25) is 0 Å². The first-order valence-electron chi connectivity index (χ1n) is 5.28. The largest absolute Gasteiger partial charge is 0.388 e. The van der Waals surface area contributed by atoms with Gasteiger partial charge in [0, 0.05) is 25.3 Å². The summed E-state index contributed by atoms with van der Waals surface area (Å²) in [4.78, 5) is 0. The van der Waals surface area contributed by atoms with Crippen LogP contribution in [0.25, 0.3) is 0 Å². The van der Waals surface area contributed by atoms with Crippen LogP contribution in [0.4, 0.5) is 13.2 Å². The van der Waals surface area contributed by atoms with E-state index in [1.54, 1.807) is 6.92 Å². The molecule has 0 aliphatic carbocycles. The Morgan fingerprint density at radius 2 is 1.76 bits per heavy atom. The summed E-state index contributed by atoms with van der Waals surface area (Å²) in [6, 6.07) is 1.13. The maximum atomic E-state index is 13.4. The smallest absolute Gasteiger partial charge is 0.161 e. The van der Waals surface area contributed by atoms with Crippen molar-refractivity contribution in [3.63, 3.8) is 0 Å². The first kappa shape index (κ1) is 14.0. The third-order valence-corrected chi connectivity index (χ3v) is 2.67. The predicted molar refractivity (Wildman–Crippen MR) is 56.9 cm³/mol. The molecule has 0 aliphatic rings. The van der Waals surface area contributed by atoms with E-state index >= 15 is 0 Å². The molecule has 2 nitrogen and oxygen atoms in total. The summed E-state index contributed by atoms with van der Waals surface area (Å²) >= 11 is 0. The zero-order valence-electron chi connectivity index (χ0n) is 9.71. The van der Waals surface area contributed by atoms with Crippen molar-refractivity contribution in [2.75, 3.05) is 13.7 Å². The molecular formula is C12H15F3O2. The lowest BCUT2D eigenvalue weighted by molar-refractivity contribution is 0.0854. The van der Waals surface area contributed by atoms with Gasteiger partial charge in [-0.25, -0.2) is 13.2 Å². The van der Waals surface area contributed by atoms with E-state index in [0.717, 1.165) is 0 Å². The molecular weight excluding hydrogens is 233 g/mol. The number of halogens is 3. The van der Waals surface area contributed by atoms with Gasteiger partial charge in [-0.15, -0.1) is 0 Å². The molecule has 0 radical (unpaired) electrons. The van der Waals surface area contributed by atoms with E-state index in [-0.39, 0.29) is 11.5 Å². The van der Waals surface area contributed by atoms with Gasteiger partial charge in [-0.05, 0) is 18.4 Å². The molecule has 17 heavy (non-hydrogen) atoms. The molecule has 1 aromatic carbocycles. The monoisotopic (exact) mass is 248 g/mol. The zero-order chi connectivity index (χ0) is 13.0. The van der Waals surface area contributed by atoms with Crippen molar-refractivity contribution >= 4 is 0 Å². The summed E-state index contributed by atoms with van der Waals surface area (Å²) in [5.41, 5.74) is -0.229. The minimum atomic E-state index is -1.26. The summed E-state index contributed by atoms with van der Waals surface area (Å²) < 4.78 is 43.9. The van der Waals surface area contributed by atoms with E-state index in [9.17, 15) is 18.3 Å². The molecule has 96 valence electrons. The maximum absolute atomic E-state index is 13.4. The molecule has 1 rings (SSSR count). The molecule has 0 amide bonds. The Morgan fingerprint density at radius 1 is 1.18 bits per heavy atom. The fraction of sp³-hybridized carbons (Fsp3) is 0.500. The van der Waals surface area contributed by atoms with E-state index in [4.69, 9.17) is 4.74 Å². The molecule has 0 fully saturated rings. The number of methoxy groups -OCH3 is 1. The highest BCUT2D eigenvalue weighted by molar-refractivity contribution is 5.22. The van der Waals surface area contributed by atoms with Crippen LogP contribution in [0.2, 0.25) is 0 Å². The van der Waals surface area contributed by atoms with Gasteiger partial charge < -0.3 is 9.84 Å². The SMILES string of the molecule is COCCC(C)C(O)c1cc(F)c(F)cc1F. The number of ether oxygens (including phenoxy) is 1. The van der Waals surface area contributed by atoms with Gasteiger partial charge in [-0.2, -0.15) is 0 Å². The van der Waals surface area contributed by atoms with Gasteiger partial charge in [0.2, 0.25) is 0 Å². The zero-order valence-corrected chi connectivity index (χ0v) is 9.71. The third-order valence-electron chi connectivity index (χ3n) is 2.67. The number of aliphatic hydroxyl groups is 1. The second kappa shape index (κ2) is 6.02. The highest BCUT2D eigenvalue weighted by Gasteiger charge is 2.21. The number of aliphatic hydroxyl groups excluding tert-OH is 1. The molecule has 0 bridgehead atoms. The molecule has 5 heteroatoms. The van der Waals surface area contributed by atoms with E-state index < -0.39 is 23.6 Å². The second-order valence-corrected chi connectivity index (χ2v) is 3.99. The Labute approximate surface area is 98.0 Å². The van der Waals surface area contributed by atoms with Crippen molar-refractivity contribution in [1.82, 2.24) is 0 Å². The van der Waals surface area contributed by atoms with Crippen LogP contribution >= 0.6 is 0 Å². The summed E-state index contributed by atoms with van der Waals surface area (Å²) in [5, 5.41) is 9.83. The van der Waals surface area contributed by atoms with Crippen molar-refractivity contribution < 1.29 is 23.0 Å². The highest BCUT2D eigenvalue weighted by atomic mass is 19.2. The van der Waals surface area contributed by atoms with Crippen molar-refractivity contribution in [2.45, 2.75) is 19.4 Å². The first-order chi connectivity index (χ1) is 7.97. The van der Waals surface area contributed by atoms with Crippen LogP contribution in [0.5, 0.6) is 0 Å². The normalized spacial score (nSPS) is 14.7. The average Bonchev–Trinajstić information content (AvgIpc) is 2.29. The molecule has 2 unspecified atom stereocenters. The quantitative estimate of drug-likeness (QED) is 0.812. The molecule has 0 aliphatic heterocycles. The molecule has 0 aromatic heterocycles. The van der Waals surface area contributed by atoms with Crippen molar-refractivity contribution in [2.24, 2.45) is 5.92 Å². The van der Waals surface area contributed by atoms with Crippen LogP contribution in [0.15, 0.2) is 12.1 Å². The van der Waals surface area contributed by atoms with Crippen LogP contribution in [0, 0.1) is 23.4 Å². The Hall–Kier alpha value is -1.07. The first-order valence-corrected chi connectivity index (χ1v) is 5.28. The molecule has 0 spiro atoms. The highest BCUT2D eigenvalue weighted by Crippen LogP contribution is 2.27. The Bertz CT molecular complexity index is 382. The van der Waals surface area contributed by atoms with Crippen LogP contribution in [-0.2, 0) is 4.74 Å². The number of rotatable bonds is 5. The Balaban J connectivity index is 2.88. The van der Waals surface area contributed by atoms with Gasteiger partial charge in [0.25, 0.3) is 0 Å². The fourth-order valence-electron chi connectivity index (χ4n) is 1.53. The molecule has 0 heterocycles. The summed E-state index contributed by atoms with van der Waals surface area (Å²) in [7, 11) is 1.51. The lowest BCUT2D eigenvalue weighted by Gasteiger charge is -2.19. The number of hydrogen-bond acceptors (Lipinski definition) is 2. The Kier molecular flexibility index (Phi) is 4.96. The molecule has 1 aromatic rings. The molecule has 1 N–H and O–H groups in total. The predicted octanol–water partition coefficient (Wildman–Crippen LogP) is 2.81. The summed E-state index contributed by atoms with van der Waals surface area (Å²) in [5.74, 6) is -3.68. The van der Waals surface area contributed by atoms with Crippen LogP contribution in [-0.4, -0.2) is 18.8 Å². The average molecular weight is 248 g/mol. The van der Waals surface area contributed by atoms with Crippen LogP contribution < -0.4 is 0 Å². The number of benzene rings is 1. The van der Waals surface area contributed by atoms with Gasteiger partial charge in [-0.1, -0.05) is 6.92 Å². The van der Waals surface area contributed by atoms with Crippen molar-refractivity contribution in [1.29, 1.82) is 0 Å². The van der Waals surface area contributed by atoms with E-state index in [1.807, 2.05) is 0 Å². The van der Waals surface area contributed by atoms with Crippen molar-refractivity contribution in [3.8, 4) is 0 Å². The standard InChI is InChI=1S/C12H15F3O2/c1-7(3-4-17-2)12(16)8-5-10(14)11(15)6-9(8)13/h5-7,12,16H,3-4H2,1-2H3. The van der Waals surface area contributed by atoms with E-state index in [2.05, 4.69) is 0 Å². The third kappa shape index (κ3) is 3.44. The summed E-state index contributed by atoms with van der Waals surface area (Å²) in [6.07, 6.45) is -0.684. The number of hydrogen-bond donors (Lipinski definition) is 1. The minimum absolute atomic E-state index is 0.229. The lowest BCUT2D eigenvalue weighted by Crippen LogP contribution is -2.13. The second-order valence-electron chi connectivity index (χ2n) is 3.99. The summed E-state index contributed by atoms with van der Waals surface area (Å²) in [6.45, 7) is 2.09. The van der Waals surface area contributed by atoms with Gasteiger partial charge in [0.15, 0.2) is 11.6 Å². The lowest BCUT2D eigenvalue weighted by atomic mass is 9.94. The van der Waals surface area contributed by atoms with Crippen LogP contribution in [0.3, 0.4) is 0 Å². The van der Waals surface area contributed by atoms with E-state index in [1.165, 1.54) is 7.11 Å². The minimum Gasteiger partial charge on any atom is -0.388 e.